The molecule has 0 spiro atoms. The minimum atomic E-state index is -2.22. The van der Waals surface area contributed by atoms with E-state index in [-0.39, 0.29) is 17.6 Å². The Kier molecular flexibility index (Phi) is 4.80. The predicted octanol–water partition coefficient (Wildman–Crippen LogP) is 2.77. The van der Waals surface area contributed by atoms with Gasteiger partial charge in [-0.1, -0.05) is 17.3 Å². The van der Waals surface area contributed by atoms with Crippen LogP contribution in [0, 0.1) is 28.6 Å². The summed E-state index contributed by atoms with van der Waals surface area (Å²) in [4.78, 5) is 0. The van der Waals surface area contributed by atoms with Crippen LogP contribution in [0.25, 0.3) is 0 Å². The quantitative estimate of drug-likeness (QED) is 0.703. The maximum Gasteiger partial charge on any atom is 0.0633 e. The van der Waals surface area contributed by atoms with Gasteiger partial charge in [0.2, 0.25) is 0 Å². The average Bonchev–Trinajstić information content (AvgIpc) is 1.98. The van der Waals surface area contributed by atoms with Gasteiger partial charge < -0.3 is 0 Å². The molecule has 0 aromatic heterocycles. The van der Waals surface area contributed by atoms with Crippen molar-refractivity contribution in [2.24, 2.45) is 5.92 Å². The summed E-state index contributed by atoms with van der Waals surface area (Å²) in [6, 6.07) is 4.00. The van der Waals surface area contributed by atoms with E-state index in [1.807, 2.05) is 19.1 Å². The molecule has 0 radical (unpaired) electrons. The van der Waals surface area contributed by atoms with Crippen molar-refractivity contribution in [2.75, 3.05) is 12.5 Å². The summed E-state index contributed by atoms with van der Waals surface area (Å²) >= 11 is 0. The van der Waals surface area contributed by atoms with Crippen molar-refractivity contribution < 1.29 is 3.89 Å². The van der Waals surface area contributed by atoms with Crippen molar-refractivity contribution in [3.05, 3.63) is 0 Å². The number of hydrogen-bond donors (Lipinski definition) is 0. The van der Waals surface area contributed by atoms with Crippen LogP contribution in [0.2, 0.25) is 0 Å². The molecule has 0 aromatic carbocycles. The number of rotatable bonds is 4. The molecule has 74 valence electrons. The van der Waals surface area contributed by atoms with Crippen LogP contribution in [0.3, 0.4) is 0 Å². The first-order valence-electron chi connectivity index (χ1n) is 4.09. The topological polar surface area (TPSA) is 47.6 Å². The fourth-order valence-electron chi connectivity index (χ4n) is 1.32. The Morgan fingerprint density at radius 1 is 1.23 bits per heavy atom. The lowest BCUT2D eigenvalue weighted by Crippen LogP contribution is -2.21. The number of hydrogen-bond acceptors (Lipinski definition) is 2. The Morgan fingerprint density at radius 3 is 2.00 bits per heavy atom. The monoisotopic (exact) mass is 202 g/mol. The molecule has 0 rings (SSSR count). The van der Waals surface area contributed by atoms with Gasteiger partial charge in [-0.15, -0.1) is 0 Å². The first-order valence-corrected chi connectivity index (χ1v) is 6.50. The van der Waals surface area contributed by atoms with Gasteiger partial charge in [0.05, 0.1) is 12.1 Å². The largest absolute Gasteiger partial charge is 0.198 e. The van der Waals surface area contributed by atoms with Crippen molar-refractivity contribution in [3.63, 3.8) is 0 Å². The third-order valence-electron chi connectivity index (χ3n) is 2.06. The van der Waals surface area contributed by atoms with Gasteiger partial charge in [-0.3, -0.25) is 0 Å². The van der Waals surface area contributed by atoms with E-state index in [9.17, 15) is 3.89 Å². The van der Waals surface area contributed by atoms with E-state index in [1.54, 1.807) is 12.5 Å². The van der Waals surface area contributed by atoms with Crippen LogP contribution >= 0.6 is 10.4 Å². The first kappa shape index (κ1) is 12.3. The van der Waals surface area contributed by atoms with Crippen molar-refractivity contribution in [3.8, 4) is 12.1 Å². The molecule has 0 heterocycles. The lowest BCUT2D eigenvalue weighted by molar-refractivity contribution is 0.554. The molecule has 0 fully saturated rings. The molecule has 0 amide bonds. The van der Waals surface area contributed by atoms with Gasteiger partial charge in [-0.25, -0.2) is 0 Å². The van der Waals surface area contributed by atoms with E-state index >= 15 is 0 Å². The van der Waals surface area contributed by atoms with Crippen LogP contribution < -0.4 is 0 Å². The number of nitrogens with zero attached hydrogens (tertiary/aromatic N) is 2. The third-order valence-corrected chi connectivity index (χ3v) is 4.13. The maximum atomic E-state index is 13.6. The summed E-state index contributed by atoms with van der Waals surface area (Å²) in [5, 5.41) is 16.7. The van der Waals surface area contributed by atoms with Crippen LogP contribution in [0.1, 0.15) is 19.8 Å². The molecule has 0 N–H and O–H groups in total. The summed E-state index contributed by atoms with van der Waals surface area (Å²) in [6.07, 6.45) is 3.63. The van der Waals surface area contributed by atoms with Gasteiger partial charge in [0.1, 0.15) is 0 Å². The summed E-state index contributed by atoms with van der Waals surface area (Å²) in [5.74, 6) is -0.0281. The first-order chi connectivity index (χ1) is 5.93. The molecule has 13 heavy (non-hydrogen) atoms. The summed E-state index contributed by atoms with van der Waals surface area (Å²) in [5.41, 5.74) is 0. The molecule has 2 atom stereocenters. The van der Waals surface area contributed by atoms with Crippen molar-refractivity contribution >= 4 is 10.4 Å². The van der Waals surface area contributed by atoms with Gasteiger partial charge in [0.25, 0.3) is 0 Å². The molecule has 4 heteroatoms. The molecule has 2 unspecified atom stereocenters. The lowest BCUT2D eigenvalue weighted by Gasteiger charge is -2.33. The highest BCUT2D eigenvalue weighted by Gasteiger charge is 2.29. The maximum absolute atomic E-state index is 13.6. The van der Waals surface area contributed by atoms with Gasteiger partial charge in [0.15, 0.2) is 0 Å². The Hall–Kier alpha value is -0.740. The Bertz CT molecular complexity index is 233. The number of nitriles is 2. The molecule has 0 saturated heterocycles. The summed E-state index contributed by atoms with van der Waals surface area (Å²) < 4.78 is 13.6. The van der Waals surface area contributed by atoms with Crippen molar-refractivity contribution in [1.82, 2.24) is 0 Å². The second-order valence-corrected chi connectivity index (χ2v) is 6.68. The van der Waals surface area contributed by atoms with E-state index in [0.29, 0.717) is 6.42 Å². The normalized spacial score (nSPS) is 16.8. The van der Waals surface area contributed by atoms with E-state index < -0.39 is 10.4 Å². The molecule has 0 aromatic rings. The third kappa shape index (κ3) is 4.15. The molecule has 0 aliphatic rings. The van der Waals surface area contributed by atoms with Crippen molar-refractivity contribution in [1.29, 1.82) is 10.5 Å². The molecular weight excluding hydrogens is 187 g/mol. The summed E-state index contributed by atoms with van der Waals surface area (Å²) in [6.45, 7) is 1.83. The van der Waals surface area contributed by atoms with E-state index in [0.717, 1.165) is 0 Å². The standard InChI is InChI=1S/C9H15FN2S/c1-8(4-6-11)9(5-7-12)13(2,3)10/h8-9H,4-5H2,1-3H3. The van der Waals surface area contributed by atoms with Crippen molar-refractivity contribution in [2.45, 2.75) is 25.0 Å². The Labute approximate surface area is 81.0 Å². The lowest BCUT2D eigenvalue weighted by atomic mass is 10.0. The highest BCUT2D eigenvalue weighted by atomic mass is 32.3. The van der Waals surface area contributed by atoms with Crippen LogP contribution in [-0.4, -0.2) is 17.8 Å². The number of halogens is 1. The zero-order valence-corrected chi connectivity index (χ0v) is 9.07. The summed E-state index contributed by atoms with van der Waals surface area (Å²) in [7, 11) is -2.22. The Balaban J connectivity index is 4.45. The second-order valence-electron chi connectivity index (χ2n) is 3.52. The van der Waals surface area contributed by atoms with Gasteiger partial charge >= 0.3 is 0 Å². The predicted molar refractivity (Wildman–Crippen MR) is 54.0 cm³/mol. The fraction of sp³-hybridized carbons (Fsp3) is 0.778. The zero-order valence-electron chi connectivity index (χ0n) is 8.25. The van der Waals surface area contributed by atoms with Crippen LogP contribution in [-0.2, 0) is 0 Å². The highest BCUT2D eigenvalue weighted by molar-refractivity contribution is 8.29. The molecular formula is C9H15FN2S. The minimum Gasteiger partial charge on any atom is -0.198 e. The molecule has 0 saturated carbocycles. The zero-order chi connectivity index (χ0) is 10.5. The minimum absolute atomic E-state index is 0.0281. The van der Waals surface area contributed by atoms with E-state index in [2.05, 4.69) is 0 Å². The second kappa shape index (κ2) is 5.09. The van der Waals surface area contributed by atoms with Crippen LogP contribution in [0.15, 0.2) is 0 Å². The van der Waals surface area contributed by atoms with Gasteiger partial charge in [-0.05, 0) is 18.4 Å². The molecule has 0 bridgehead atoms. The highest BCUT2D eigenvalue weighted by Crippen LogP contribution is 2.51. The van der Waals surface area contributed by atoms with Crippen LogP contribution in [0.5, 0.6) is 0 Å². The molecule has 0 aliphatic heterocycles. The molecule has 2 nitrogen and oxygen atoms in total. The van der Waals surface area contributed by atoms with E-state index in [1.165, 1.54) is 0 Å². The SMILES string of the molecule is CC(CC#N)C(CC#N)S(C)(C)F. The van der Waals surface area contributed by atoms with E-state index in [4.69, 9.17) is 10.5 Å². The Morgan fingerprint density at radius 2 is 1.69 bits per heavy atom. The van der Waals surface area contributed by atoms with Gasteiger partial charge in [0, 0.05) is 18.1 Å². The smallest absolute Gasteiger partial charge is 0.0633 e. The van der Waals surface area contributed by atoms with Gasteiger partial charge in [-0.2, -0.15) is 14.4 Å². The van der Waals surface area contributed by atoms with Crippen LogP contribution in [0.4, 0.5) is 3.89 Å². The average molecular weight is 202 g/mol. The molecule has 0 aliphatic carbocycles. The fourth-order valence-corrected chi connectivity index (χ4v) is 2.99.